The zero-order chi connectivity index (χ0) is 12.6. The van der Waals surface area contributed by atoms with Gasteiger partial charge in [-0.15, -0.1) is 0 Å². The number of amides is 1. The Labute approximate surface area is 135 Å². The van der Waals surface area contributed by atoms with E-state index in [0.29, 0.717) is 0 Å². The van der Waals surface area contributed by atoms with Crippen molar-refractivity contribution in [2.45, 2.75) is 39.5 Å². The Morgan fingerprint density at radius 1 is 1.56 bits per heavy atom. The minimum absolute atomic E-state index is 0. The van der Waals surface area contributed by atoms with Crippen LogP contribution in [-0.2, 0) is 4.79 Å². The summed E-state index contributed by atoms with van der Waals surface area (Å²) in [4.78, 5) is 16.1. The van der Waals surface area contributed by atoms with Crippen molar-refractivity contribution in [2.24, 2.45) is 22.2 Å². The summed E-state index contributed by atoms with van der Waals surface area (Å²) in [5.74, 6) is -0.432. The van der Waals surface area contributed by atoms with Crippen LogP contribution >= 0.6 is 12.2 Å². The van der Waals surface area contributed by atoms with E-state index in [2.05, 4.69) is 10.3 Å². The van der Waals surface area contributed by atoms with Gasteiger partial charge in [0.2, 0.25) is 5.91 Å². The molecular formula is C12H17N2NaO2S. The van der Waals surface area contributed by atoms with Crippen LogP contribution in [0.2, 0.25) is 0 Å². The maximum absolute atomic E-state index is 12.3. The largest absolute Gasteiger partial charge is 1.00 e. The summed E-state index contributed by atoms with van der Waals surface area (Å²) in [5.41, 5.74) is -0.963. The molecule has 1 aliphatic carbocycles. The fourth-order valence-electron chi connectivity index (χ4n) is 3.36. The van der Waals surface area contributed by atoms with Gasteiger partial charge in [-0.05, 0) is 42.8 Å². The molecule has 1 N–H and O–H groups in total. The Morgan fingerprint density at radius 2 is 2.22 bits per heavy atom. The molecule has 1 heterocycles. The van der Waals surface area contributed by atoms with Gasteiger partial charge in [-0.1, -0.05) is 26.7 Å². The molecule has 1 spiro atoms. The average Bonchev–Trinajstić information content (AvgIpc) is 2.26. The summed E-state index contributed by atoms with van der Waals surface area (Å²) in [6.45, 7) is 4.00. The molecule has 2 aliphatic rings. The van der Waals surface area contributed by atoms with Crippen LogP contribution in [0.1, 0.15) is 39.5 Å². The zero-order valence-electron chi connectivity index (χ0n) is 11.2. The molecule has 0 aromatic rings. The SMILES string of the molecule is CCC1CCCC(C)C12C(=O)NC(=S)N=C2[O-].[Na+]. The number of rotatable bonds is 1. The number of carbonyl (C=O) groups is 1. The van der Waals surface area contributed by atoms with Crippen molar-refractivity contribution in [2.75, 3.05) is 0 Å². The Hall–Kier alpha value is 0.0300. The van der Waals surface area contributed by atoms with Crippen molar-refractivity contribution >= 4 is 29.1 Å². The normalized spacial score (nSPS) is 35.8. The van der Waals surface area contributed by atoms with Crippen molar-refractivity contribution in [3.8, 4) is 0 Å². The van der Waals surface area contributed by atoms with Gasteiger partial charge >= 0.3 is 29.6 Å². The predicted octanol–water partition coefficient (Wildman–Crippen LogP) is -2.00. The number of aliphatic imine (C=N–C) groups is 1. The van der Waals surface area contributed by atoms with Crippen LogP contribution in [0.25, 0.3) is 0 Å². The second-order valence-corrected chi connectivity index (χ2v) is 5.37. The molecule has 0 aromatic carbocycles. The van der Waals surface area contributed by atoms with Gasteiger partial charge in [0.05, 0.1) is 5.41 Å². The molecular weight excluding hydrogens is 259 g/mol. The van der Waals surface area contributed by atoms with E-state index in [1.165, 1.54) is 0 Å². The molecule has 2 rings (SSSR count). The van der Waals surface area contributed by atoms with Crippen LogP contribution in [0.5, 0.6) is 0 Å². The van der Waals surface area contributed by atoms with E-state index in [1.54, 1.807) is 0 Å². The summed E-state index contributed by atoms with van der Waals surface area (Å²) in [5, 5.41) is 14.8. The van der Waals surface area contributed by atoms with E-state index in [0.717, 1.165) is 25.7 Å². The zero-order valence-corrected chi connectivity index (χ0v) is 14.0. The molecule has 3 unspecified atom stereocenters. The number of nitrogens with one attached hydrogen (secondary N) is 1. The minimum atomic E-state index is -0.963. The molecule has 1 saturated carbocycles. The predicted molar refractivity (Wildman–Crippen MR) is 67.4 cm³/mol. The topological polar surface area (TPSA) is 64.5 Å². The van der Waals surface area contributed by atoms with E-state index in [4.69, 9.17) is 12.2 Å². The van der Waals surface area contributed by atoms with Gasteiger partial charge in [0.1, 0.15) is 0 Å². The fraction of sp³-hybridized carbons (Fsp3) is 0.750. The van der Waals surface area contributed by atoms with Crippen molar-refractivity contribution in [3.63, 3.8) is 0 Å². The molecule has 0 bridgehead atoms. The van der Waals surface area contributed by atoms with Crippen molar-refractivity contribution in [3.05, 3.63) is 0 Å². The first-order valence-electron chi connectivity index (χ1n) is 6.15. The summed E-state index contributed by atoms with van der Waals surface area (Å²) in [7, 11) is 0. The van der Waals surface area contributed by atoms with E-state index in [1.807, 2.05) is 13.8 Å². The quantitative estimate of drug-likeness (QED) is 0.445. The monoisotopic (exact) mass is 276 g/mol. The van der Waals surface area contributed by atoms with E-state index < -0.39 is 5.41 Å². The molecule has 94 valence electrons. The van der Waals surface area contributed by atoms with Crippen LogP contribution < -0.4 is 40.0 Å². The van der Waals surface area contributed by atoms with Gasteiger partial charge in [-0.3, -0.25) is 4.79 Å². The fourth-order valence-corrected chi connectivity index (χ4v) is 3.53. The maximum atomic E-state index is 12.3. The smallest absolute Gasteiger partial charge is 0.861 e. The number of thiocarbonyl (C=S) groups is 1. The Morgan fingerprint density at radius 3 is 2.78 bits per heavy atom. The first-order chi connectivity index (χ1) is 8.03. The third-order valence-corrected chi connectivity index (χ3v) is 4.45. The molecule has 1 amide bonds. The van der Waals surface area contributed by atoms with Crippen molar-refractivity contribution in [1.82, 2.24) is 5.32 Å². The standard InChI is InChI=1S/C12H18N2O2S.Na/c1-3-8-6-4-5-7(2)12(8)9(15)13-11(17)14-10(12)16;/h7-8H,3-6H2,1-2H3,(H2,13,14,15,16,17);/q;+1/p-1. The summed E-state index contributed by atoms with van der Waals surface area (Å²) < 4.78 is 0. The van der Waals surface area contributed by atoms with Crippen molar-refractivity contribution in [1.29, 1.82) is 0 Å². The molecule has 18 heavy (non-hydrogen) atoms. The Bertz CT molecular complexity index is 400. The molecule has 4 nitrogen and oxygen atoms in total. The summed E-state index contributed by atoms with van der Waals surface area (Å²) in [6.07, 6.45) is 3.72. The van der Waals surface area contributed by atoms with Gasteiger partial charge < -0.3 is 10.4 Å². The van der Waals surface area contributed by atoms with Gasteiger partial charge in [-0.25, -0.2) is 4.99 Å². The molecule has 1 fully saturated rings. The first kappa shape index (κ1) is 16.1. The number of hydrogen-bond acceptors (Lipinski definition) is 3. The van der Waals surface area contributed by atoms with Crippen LogP contribution in [-0.4, -0.2) is 16.9 Å². The number of carbonyl (C=O) groups excluding carboxylic acids is 1. The van der Waals surface area contributed by atoms with Crippen molar-refractivity contribution < 1.29 is 39.5 Å². The molecule has 0 aromatic heterocycles. The van der Waals surface area contributed by atoms with Gasteiger partial charge in [0, 0.05) is 0 Å². The van der Waals surface area contributed by atoms with Gasteiger partial charge in [-0.2, -0.15) is 0 Å². The van der Waals surface area contributed by atoms with E-state index >= 15 is 0 Å². The molecule has 6 heteroatoms. The number of nitrogens with zero attached hydrogens (tertiary/aromatic N) is 1. The van der Waals surface area contributed by atoms with E-state index in [9.17, 15) is 9.90 Å². The van der Waals surface area contributed by atoms with E-state index in [-0.39, 0.29) is 58.3 Å². The summed E-state index contributed by atoms with van der Waals surface area (Å²) >= 11 is 4.81. The Kier molecular flexibility index (Phi) is 5.35. The van der Waals surface area contributed by atoms with Gasteiger partial charge in [0.25, 0.3) is 0 Å². The summed E-state index contributed by atoms with van der Waals surface area (Å²) in [6, 6.07) is 0. The van der Waals surface area contributed by atoms with Crippen LogP contribution in [0.4, 0.5) is 0 Å². The molecule has 3 atom stereocenters. The molecule has 0 saturated heterocycles. The van der Waals surface area contributed by atoms with Crippen LogP contribution in [0.15, 0.2) is 4.99 Å². The number of hydrogen-bond donors (Lipinski definition) is 1. The second-order valence-electron chi connectivity index (χ2n) is 4.98. The Balaban J connectivity index is 0.00000162. The third kappa shape index (κ3) is 2.26. The first-order valence-corrected chi connectivity index (χ1v) is 6.55. The second kappa shape index (κ2) is 5.99. The van der Waals surface area contributed by atoms with Crippen LogP contribution in [0.3, 0.4) is 0 Å². The minimum Gasteiger partial charge on any atom is -0.861 e. The average molecular weight is 276 g/mol. The molecule has 1 aliphatic heterocycles. The van der Waals surface area contributed by atoms with Crippen LogP contribution in [0, 0.1) is 17.3 Å². The van der Waals surface area contributed by atoms with Gasteiger partial charge in [0.15, 0.2) is 5.11 Å². The molecule has 0 radical (unpaired) electrons. The third-order valence-electron chi connectivity index (χ3n) is 4.26. The maximum Gasteiger partial charge on any atom is 1.00 e.